The first-order valence-electron chi connectivity index (χ1n) is 9.80. The van der Waals surface area contributed by atoms with Crippen LogP contribution in [0.15, 0.2) is 66.9 Å². The van der Waals surface area contributed by atoms with Gasteiger partial charge < -0.3 is 19.5 Å². The average molecular weight is 435 g/mol. The van der Waals surface area contributed by atoms with E-state index >= 15 is 0 Å². The Hall–Kier alpha value is -3.44. The number of ether oxygens (including phenoxy) is 3. The van der Waals surface area contributed by atoms with Gasteiger partial charge >= 0.3 is 0 Å². The molecule has 1 heterocycles. The number of halogens is 1. The number of hydrogen-bond acceptors (Lipinski definition) is 5. The number of rotatable bonds is 7. The molecule has 0 aliphatic rings. The lowest BCUT2D eigenvalue weighted by Crippen LogP contribution is -2.03. The van der Waals surface area contributed by atoms with Crippen molar-refractivity contribution >= 4 is 28.2 Å². The van der Waals surface area contributed by atoms with Crippen LogP contribution in [0.1, 0.15) is 5.56 Å². The van der Waals surface area contributed by atoms with Crippen LogP contribution in [0.3, 0.4) is 0 Å². The summed E-state index contributed by atoms with van der Waals surface area (Å²) in [5, 5.41) is 5.19. The molecule has 0 spiro atoms. The fourth-order valence-corrected chi connectivity index (χ4v) is 3.74. The number of pyridine rings is 1. The molecule has 0 fully saturated rings. The van der Waals surface area contributed by atoms with Gasteiger partial charge in [0.1, 0.15) is 17.2 Å². The van der Waals surface area contributed by atoms with Crippen molar-refractivity contribution in [1.82, 2.24) is 4.98 Å². The minimum Gasteiger partial charge on any atom is -0.497 e. The van der Waals surface area contributed by atoms with Crippen LogP contribution in [0.2, 0.25) is 5.02 Å². The summed E-state index contributed by atoms with van der Waals surface area (Å²) >= 11 is 6.21. The summed E-state index contributed by atoms with van der Waals surface area (Å²) in [6.07, 6.45) is 1.80. The van der Waals surface area contributed by atoms with Gasteiger partial charge in [-0.2, -0.15) is 0 Å². The fourth-order valence-electron chi connectivity index (χ4n) is 3.56. The summed E-state index contributed by atoms with van der Waals surface area (Å²) in [6.45, 7) is 0.607. The molecule has 5 nitrogen and oxygen atoms in total. The van der Waals surface area contributed by atoms with Crippen LogP contribution < -0.4 is 19.5 Å². The van der Waals surface area contributed by atoms with Crippen molar-refractivity contribution < 1.29 is 14.2 Å². The third-order valence-corrected chi connectivity index (χ3v) is 5.41. The minimum atomic E-state index is 0.607. The zero-order chi connectivity index (χ0) is 21.8. The Kier molecular flexibility index (Phi) is 6.14. The Morgan fingerprint density at radius 3 is 2.45 bits per heavy atom. The molecule has 4 aromatic rings. The van der Waals surface area contributed by atoms with E-state index in [0.29, 0.717) is 11.6 Å². The standard InChI is InChI=1S/C25H23ClN2O3/c1-29-19-7-4-17(25(14-19)31-3)15-28-22-10-11-27-23-12-16(5-8-20(22)23)21-13-18(26)6-9-24(21)30-2/h4-14H,15H2,1-3H3,(H,27,28). The van der Waals surface area contributed by atoms with Gasteiger partial charge in [0.05, 0.1) is 26.8 Å². The van der Waals surface area contributed by atoms with Crippen LogP contribution in [-0.4, -0.2) is 26.3 Å². The van der Waals surface area contributed by atoms with E-state index in [-0.39, 0.29) is 0 Å². The molecule has 158 valence electrons. The molecule has 4 rings (SSSR count). The molecule has 0 bridgehead atoms. The number of aromatic nitrogens is 1. The second-order valence-corrected chi connectivity index (χ2v) is 7.40. The summed E-state index contributed by atoms with van der Waals surface area (Å²) < 4.78 is 16.3. The first-order valence-corrected chi connectivity index (χ1v) is 10.2. The van der Waals surface area contributed by atoms with Crippen molar-refractivity contribution in [3.63, 3.8) is 0 Å². The van der Waals surface area contributed by atoms with Crippen LogP contribution in [-0.2, 0) is 6.54 Å². The summed E-state index contributed by atoms with van der Waals surface area (Å²) in [5.41, 5.74) is 4.83. The molecule has 31 heavy (non-hydrogen) atoms. The van der Waals surface area contributed by atoms with Gasteiger partial charge in [0.15, 0.2) is 0 Å². The van der Waals surface area contributed by atoms with E-state index < -0.39 is 0 Å². The van der Waals surface area contributed by atoms with Gasteiger partial charge in [-0.05, 0) is 48.0 Å². The third kappa shape index (κ3) is 4.37. The summed E-state index contributed by atoms with van der Waals surface area (Å²) in [5.74, 6) is 2.31. The zero-order valence-electron chi connectivity index (χ0n) is 17.6. The van der Waals surface area contributed by atoms with Crippen LogP contribution >= 0.6 is 11.6 Å². The molecule has 6 heteroatoms. The molecule has 0 aliphatic carbocycles. The zero-order valence-corrected chi connectivity index (χ0v) is 18.4. The molecular formula is C25H23ClN2O3. The number of benzene rings is 3. The third-order valence-electron chi connectivity index (χ3n) is 5.18. The van der Waals surface area contributed by atoms with Gasteiger partial charge in [-0.1, -0.05) is 23.7 Å². The van der Waals surface area contributed by atoms with Gasteiger partial charge in [-0.15, -0.1) is 0 Å². The number of fused-ring (bicyclic) bond motifs is 1. The minimum absolute atomic E-state index is 0.607. The molecule has 0 saturated carbocycles. The smallest absolute Gasteiger partial charge is 0.127 e. The Balaban J connectivity index is 1.65. The van der Waals surface area contributed by atoms with E-state index in [1.54, 1.807) is 27.5 Å². The Morgan fingerprint density at radius 1 is 0.839 bits per heavy atom. The second-order valence-electron chi connectivity index (χ2n) is 6.97. The molecule has 0 aliphatic heterocycles. The number of nitrogens with zero attached hydrogens (tertiary/aromatic N) is 1. The lowest BCUT2D eigenvalue weighted by atomic mass is 10.0. The maximum atomic E-state index is 6.21. The maximum absolute atomic E-state index is 6.21. The first-order chi connectivity index (χ1) is 15.1. The highest BCUT2D eigenvalue weighted by molar-refractivity contribution is 6.31. The largest absolute Gasteiger partial charge is 0.497 e. The molecule has 0 unspecified atom stereocenters. The SMILES string of the molecule is COc1ccc(CNc2ccnc3cc(-c4cc(Cl)ccc4OC)ccc23)c(OC)c1. The van der Waals surface area contributed by atoms with Crippen molar-refractivity contribution in [3.8, 4) is 28.4 Å². The van der Waals surface area contributed by atoms with Gasteiger partial charge in [-0.25, -0.2) is 0 Å². The van der Waals surface area contributed by atoms with Crippen LogP contribution in [0.5, 0.6) is 17.2 Å². The monoisotopic (exact) mass is 434 g/mol. The number of hydrogen-bond donors (Lipinski definition) is 1. The molecule has 0 saturated heterocycles. The van der Waals surface area contributed by atoms with Crippen molar-refractivity contribution in [3.05, 3.63) is 77.4 Å². The topological polar surface area (TPSA) is 52.6 Å². The van der Waals surface area contributed by atoms with Crippen molar-refractivity contribution in [2.45, 2.75) is 6.54 Å². The predicted molar refractivity (Wildman–Crippen MR) is 126 cm³/mol. The molecule has 1 aromatic heterocycles. The maximum Gasteiger partial charge on any atom is 0.127 e. The molecular weight excluding hydrogens is 412 g/mol. The highest BCUT2D eigenvalue weighted by Gasteiger charge is 2.11. The van der Waals surface area contributed by atoms with Crippen LogP contribution in [0.4, 0.5) is 5.69 Å². The summed E-state index contributed by atoms with van der Waals surface area (Å²) in [7, 11) is 4.95. The van der Waals surface area contributed by atoms with Crippen molar-refractivity contribution in [2.75, 3.05) is 26.6 Å². The van der Waals surface area contributed by atoms with Gasteiger partial charge in [0, 0.05) is 46.0 Å². The van der Waals surface area contributed by atoms with Gasteiger partial charge in [0.25, 0.3) is 0 Å². The first kappa shape index (κ1) is 20.8. The second kappa shape index (κ2) is 9.14. The summed E-state index contributed by atoms with van der Waals surface area (Å²) in [4.78, 5) is 4.56. The Morgan fingerprint density at radius 2 is 1.68 bits per heavy atom. The molecule has 3 aromatic carbocycles. The van der Waals surface area contributed by atoms with E-state index in [1.807, 2.05) is 48.5 Å². The highest BCUT2D eigenvalue weighted by Crippen LogP contribution is 2.35. The lowest BCUT2D eigenvalue weighted by Gasteiger charge is -2.14. The number of anilines is 1. The quantitative estimate of drug-likeness (QED) is 0.375. The van der Waals surface area contributed by atoms with Crippen molar-refractivity contribution in [2.24, 2.45) is 0 Å². The predicted octanol–water partition coefficient (Wildman–Crippen LogP) is 6.19. The average Bonchev–Trinajstić information content (AvgIpc) is 2.82. The lowest BCUT2D eigenvalue weighted by molar-refractivity contribution is 0.391. The molecule has 0 amide bonds. The normalized spacial score (nSPS) is 10.7. The van der Waals surface area contributed by atoms with Crippen LogP contribution in [0.25, 0.3) is 22.0 Å². The van der Waals surface area contributed by atoms with E-state index in [1.165, 1.54) is 0 Å². The van der Waals surface area contributed by atoms with Gasteiger partial charge in [0.2, 0.25) is 0 Å². The molecule has 0 atom stereocenters. The van der Waals surface area contributed by atoms with E-state index in [2.05, 4.69) is 22.4 Å². The number of nitrogens with one attached hydrogen (secondary N) is 1. The molecule has 1 N–H and O–H groups in total. The van der Waals surface area contributed by atoms with E-state index in [9.17, 15) is 0 Å². The van der Waals surface area contributed by atoms with Crippen molar-refractivity contribution in [1.29, 1.82) is 0 Å². The van der Waals surface area contributed by atoms with E-state index in [4.69, 9.17) is 25.8 Å². The Bertz CT molecular complexity index is 1230. The molecule has 0 radical (unpaired) electrons. The van der Waals surface area contributed by atoms with E-state index in [0.717, 1.165) is 50.5 Å². The Labute approximate surface area is 186 Å². The fraction of sp³-hybridized carbons (Fsp3) is 0.160. The highest BCUT2D eigenvalue weighted by atomic mass is 35.5. The van der Waals surface area contributed by atoms with Gasteiger partial charge in [-0.3, -0.25) is 4.98 Å². The number of methoxy groups -OCH3 is 3. The van der Waals surface area contributed by atoms with Crippen LogP contribution in [0, 0.1) is 0 Å². The summed E-state index contributed by atoms with van der Waals surface area (Å²) in [6, 6.07) is 19.5.